The lowest BCUT2D eigenvalue weighted by Crippen LogP contribution is -2.32. The van der Waals surface area contributed by atoms with Crippen molar-refractivity contribution in [3.05, 3.63) is 18.2 Å². The van der Waals surface area contributed by atoms with Gasteiger partial charge in [0.25, 0.3) is 0 Å². The number of imidazole rings is 1. The lowest BCUT2D eigenvalue weighted by Gasteiger charge is -2.03. The lowest BCUT2D eigenvalue weighted by atomic mass is 10.1. The highest BCUT2D eigenvalue weighted by molar-refractivity contribution is 5.77. The summed E-state index contributed by atoms with van der Waals surface area (Å²) < 4.78 is 0. The van der Waals surface area contributed by atoms with Crippen LogP contribution in [0.2, 0.25) is 0 Å². The Morgan fingerprint density at radius 1 is 0.755 bits per heavy atom. The fraction of sp³-hybridized carbons (Fsp3) is 0.630. The van der Waals surface area contributed by atoms with Gasteiger partial charge >= 0.3 is 35.8 Å². The van der Waals surface area contributed by atoms with Crippen LogP contribution in [0.5, 0.6) is 0 Å². The van der Waals surface area contributed by atoms with Crippen molar-refractivity contribution >= 4 is 41.7 Å². The van der Waals surface area contributed by atoms with E-state index in [0.29, 0.717) is 13.0 Å². The molecule has 2 rings (SSSR count). The number of carbonyl (C=O) groups is 7. The number of hydrogen-bond donors (Lipinski definition) is 14. The molecule has 0 aliphatic carbocycles. The van der Waals surface area contributed by atoms with E-state index in [0.717, 1.165) is 37.9 Å². The number of hydrogen-bond acceptors (Lipinski definition) is 14. The Morgan fingerprint density at radius 2 is 1.24 bits per heavy atom. The van der Waals surface area contributed by atoms with Crippen LogP contribution in [0.15, 0.2) is 12.5 Å². The SMILES string of the molecule is NC(=O)CCC(N)C(=O)O.NC(CCC(=O)O)C(=O)O.NC(Cc1cnc[nH]1)C(=O)O.NCCCCC(N)C(=O)O.O=C(O)C1CCCN1. The molecule has 0 saturated carbocycles. The van der Waals surface area contributed by atoms with Crippen molar-refractivity contribution in [1.82, 2.24) is 15.3 Å². The molecule has 0 radical (unpaired) electrons. The number of unbranched alkanes of at least 4 members (excludes halogenated alkanes) is 1. The largest absolute Gasteiger partial charge is 0.481 e. The summed E-state index contributed by atoms with van der Waals surface area (Å²) in [5.41, 5.74) is 31.2. The second kappa shape index (κ2) is 29.4. The summed E-state index contributed by atoms with van der Waals surface area (Å²) in [5, 5.41) is 52.4. The van der Waals surface area contributed by atoms with Gasteiger partial charge in [0.15, 0.2) is 0 Å². The van der Waals surface area contributed by atoms with Crippen LogP contribution in [0.3, 0.4) is 0 Å². The van der Waals surface area contributed by atoms with Gasteiger partial charge < -0.3 is 75.3 Å². The van der Waals surface area contributed by atoms with Gasteiger partial charge in [-0.3, -0.25) is 33.6 Å². The maximum atomic E-state index is 10.3. The number of amides is 1. The number of nitrogens with two attached hydrogens (primary N) is 6. The zero-order chi connectivity index (χ0) is 38.5. The second-order valence-electron chi connectivity index (χ2n) is 10.3. The molecular formula is C27H51N9O13. The third-order valence-electron chi connectivity index (χ3n) is 5.96. The summed E-state index contributed by atoms with van der Waals surface area (Å²) in [4.78, 5) is 77.0. The van der Waals surface area contributed by atoms with E-state index in [1.807, 2.05) is 0 Å². The van der Waals surface area contributed by atoms with E-state index in [-0.39, 0.29) is 38.1 Å². The van der Waals surface area contributed by atoms with Crippen LogP contribution in [0.1, 0.15) is 63.5 Å². The van der Waals surface area contributed by atoms with Crippen molar-refractivity contribution in [2.45, 2.75) is 94.4 Å². The van der Waals surface area contributed by atoms with Crippen LogP contribution in [-0.4, -0.2) is 126 Å². The molecule has 2 heterocycles. The van der Waals surface area contributed by atoms with Crippen LogP contribution in [0, 0.1) is 0 Å². The van der Waals surface area contributed by atoms with Gasteiger partial charge in [-0.05, 0) is 51.6 Å². The van der Waals surface area contributed by atoms with E-state index in [9.17, 15) is 33.6 Å². The average molecular weight is 710 g/mol. The number of nitrogens with zero attached hydrogens (tertiary/aromatic N) is 1. The molecule has 1 aliphatic rings. The van der Waals surface area contributed by atoms with Crippen molar-refractivity contribution in [1.29, 1.82) is 0 Å². The minimum atomic E-state index is -1.17. The maximum absolute atomic E-state index is 10.3. The van der Waals surface area contributed by atoms with Crippen LogP contribution in [0.4, 0.5) is 0 Å². The molecule has 1 amide bonds. The number of carboxylic acid groups (broad SMARTS) is 6. The first-order valence-electron chi connectivity index (χ1n) is 14.8. The van der Waals surface area contributed by atoms with Crippen molar-refractivity contribution in [3.63, 3.8) is 0 Å². The van der Waals surface area contributed by atoms with Crippen molar-refractivity contribution < 1.29 is 64.2 Å². The summed E-state index contributed by atoms with van der Waals surface area (Å²) >= 11 is 0. The lowest BCUT2D eigenvalue weighted by molar-refractivity contribution is -0.141. The van der Waals surface area contributed by atoms with Crippen molar-refractivity contribution in [2.24, 2.45) is 34.4 Å². The van der Waals surface area contributed by atoms with Crippen molar-refractivity contribution in [3.8, 4) is 0 Å². The first-order chi connectivity index (χ1) is 22.8. The molecule has 22 heteroatoms. The van der Waals surface area contributed by atoms with Crippen LogP contribution in [0.25, 0.3) is 0 Å². The molecular weight excluding hydrogens is 658 g/mol. The zero-order valence-corrected chi connectivity index (χ0v) is 27.0. The number of carboxylic acids is 6. The standard InChI is InChI=1S/C6H9N3O2.C6H14N2O2.C5H10N2O3.C5H9NO4.C5H9NO2/c7-5(6(10)11)1-4-2-8-3-9-4;7-4-2-1-3-5(8)6(9)10;2*6-3(5(9)10)1-2-4(7)8;7-5(8)4-2-1-3-6-4/h2-3,5H,1,7H2,(H,8,9)(H,10,11);5H,1-4,7-8H2,(H,9,10);3H,1-2,6H2,(H2,7,8)(H,9,10);3H,1-2,6H2,(H,7,8)(H,9,10);4,6H,1-3H2,(H,7,8). The van der Waals surface area contributed by atoms with E-state index in [4.69, 9.17) is 65.0 Å². The smallest absolute Gasteiger partial charge is 0.320 e. The van der Waals surface area contributed by atoms with Crippen molar-refractivity contribution in [2.75, 3.05) is 13.1 Å². The molecule has 49 heavy (non-hydrogen) atoms. The Morgan fingerprint density at radius 3 is 1.57 bits per heavy atom. The third-order valence-corrected chi connectivity index (χ3v) is 5.96. The van der Waals surface area contributed by atoms with Gasteiger partial charge in [-0.2, -0.15) is 0 Å². The summed E-state index contributed by atoms with van der Waals surface area (Å²) in [7, 11) is 0. The van der Waals surface area contributed by atoms with Crippen LogP contribution >= 0.6 is 0 Å². The number of rotatable bonds is 17. The molecule has 0 spiro atoms. The normalized spacial score (nSPS) is 15.2. The summed E-state index contributed by atoms with van der Waals surface area (Å²) in [6, 6.07) is -3.87. The molecule has 1 saturated heterocycles. The third kappa shape index (κ3) is 31.6. The predicted octanol–water partition coefficient (Wildman–Crippen LogP) is -3.36. The summed E-state index contributed by atoms with van der Waals surface area (Å²) in [6.07, 6.45) is 7.18. The first kappa shape index (κ1) is 48.7. The molecule has 1 fully saturated rings. The number of H-pyrrole nitrogens is 1. The van der Waals surface area contributed by atoms with Gasteiger partial charge in [0.05, 0.1) is 6.33 Å². The van der Waals surface area contributed by atoms with Gasteiger partial charge in [0, 0.05) is 31.2 Å². The first-order valence-corrected chi connectivity index (χ1v) is 14.8. The van der Waals surface area contributed by atoms with Crippen LogP contribution < -0.4 is 39.7 Å². The minimum Gasteiger partial charge on any atom is -0.481 e. The second-order valence-corrected chi connectivity index (χ2v) is 10.3. The molecule has 20 N–H and O–H groups in total. The maximum Gasteiger partial charge on any atom is 0.320 e. The minimum absolute atomic E-state index is 0.0213. The van der Waals surface area contributed by atoms with E-state index >= 15 is 0 Å². The van der Waals surface area contributed by atoms with Gasteiger partial charge in [0.2, 0.25) is 5.91 Å². The van der Waals surface area contributed by atoms with Crippen LogP contribution in [-0.2, 0) is 40.0 Å². The molecule has 5 atom stereocenters. The Kier molecular flexibility index (Phi) is 29.2. The van der Waals surface area contributed by atoms with E-state index in [1.165, 1.54) is 6.33 Å². The molecule has 5 unspecified atom stereocenters. The zero-order valence-electron chi connectivity index (χ0n) is 27.0. The topological polar surface area (TPSA) is 438 Å². The highest BCUT2D eigenvalue weighted by Gasteiger charge is 2.20. The fourth-order valence-corrected chi connectivity index (χ4v) is 3.07. The monoisotopic (exact) mass is 709 g/mol. The Hall–Kier alpha value is -4.74. The number of primary amides is 1. The van der Waals surface area contributed by atoms with Gasteiger partial charge in [-0.25, -0.2) is 4.98 Å². The van der Waals surface area contributed by atoms with E-state index < -0.39 is 65.9 Å². The fourth-order valence-electron chi connectivity index (χ4n) is 3.07. The summed E-state index contributed by atoms with van der Waals surface area (Å²) in [6.45, 7) is 1.46. The number of carbonyl (C=O) groups excluding carboxylic acids is 1. The molecule has 1 aliphatic heterocycles. The molecule has 1 aromatic heterocycles. The highest BCUT2D eigenvalue weighted by Crippen LogP contribution is 2.03. The average Bonchev–Trinajstić information content (AvgIpc) is 3.75. The van der Waals surface area contributed by atoms with Gasteiger partial charge in [-0.15, -0.1) is 0 Å². The highest BCUT2D eigenvalue weighted by atomic mass is 16.4. The Bertz CT molecular complexity index is 1080. The molecule has 282 valence electrons. The van der Waals surface area contributed by atoms with Gasteiger partial charge in [-0.1, -0.05) is 6.42 Å². The molecule has 0 bridgehead atoms. The summed E-state index contributed by atoms with van der Waals surface area (Å²) in [5.74, 6) is -6.49. The predicted molar refractivity (Wildman–Crippen MR) is 172 cm³/mol. The molecule has 0 aromatic carbocycles. The number of aromatic amines is 1. The van der Waals surface area contributed by atoms with Gasteiger partial charge in [0.1, 0.15) is 30.2 Å². The Labute approximate surface area is 281 Å². The molecule has 1 aromatic rings. The number of nitrogens with one attached hydrogen (secondary N) is 2. The van der Waals surface area contributed by atoms with E-state index in [2.05, 4.69) is 15.3 Å². The quantitative estimate of drug-likeness (QED) is 0.0702. The Balaban J connectivity index is -0.000000541. The number of aromatic nitrogens is 2. The molecule has 22 nitrogen and oxygen atoms in total. The number of aliphatic carboxylic acids is 6. The van der Waals surface area contributed by atoms with E-state index in [1.54, 1.807) is 6.20 Å².